The van der Waals surface area contributed by atoms with E-state index >= 15 is 0 Å². The fourth-order valence-electron chi connectivity index (χ4n) is 10.7. The third-order valence-corrected chi connectivity index (χ3v) is 14.5. The molecule has 20 unspecified atom stereocenters. The van der Waals surface area contributed by atoms with Gasteiger partial charge in [-0.3, -0.25) is 0 Å². The first-order valence-electron chi connectivity index (χ1n) is 25.5. The Hall–Kier alpha value is -0.920. The molecule has 23 heteroatoms. The van der Waals surface area contributed by atoms with E-state index in [0.717, 1.165) is 0 Å². The summed E-state index contributed by atoms with van der Waals surface area (Å²) in [6.07, 6.45) is -11.7. The maximum atomic E-state index is 11.7. The average molecular weight is 1060 g/mol. The van der Waals surface area contributed by atoms with Crippen molar-refractivity contribution < 1.29 is 111 Å². The van der Waals surface area contributed by atoms with Crippen LogP contribution in [0, 0.1) is 23.7 Å². The molecule has 0 radical (unpaired) electrons. The standard InChI is InChI=1S/C50H94O23/c1-49(2,3)69-28-39-47(61-11)46(60-10)31(34(72-39)23-64-16-14-51)20-68-26-37-42(54)44(58-8)29(32(71-37)21-56-6)18-66-25-36-41(53)45(59-9)30(33(70-36)22-57-7)19-67-27-38-43(55)48(62-12)40(50(4,5)63-13)35(73-38)24-65-17-15-52/h29-48,51-55H,14-28H2,1-13H3. The Labute approximate surface area is 433 Å². The highest BCUT2D eigenvalue weighted by Crippen LogP contribution is 2.39. The Morgan fingerprint density at radius 1 is 0.370 bits per heavy atom. The molecule has 20 atom stereocenters. The van der Waals surface area contributed by atoms with Crippen LogP contribution in [0.4, 0.5) is 0 Å². The number of aliphatic hydroxyl groups is 5. The zero-order valence-corrected chi connectivity index (χ0v) is 45.7. The second-order valence-electron chi connectivity index (χ2n) is 20.7. The van der Waals surface area contributed by atoms with Gasteiger partial charge in [-0.15, -0.1) is 0 Å². The third kappa shape index (κ3) is 17.8. The minimum Gasteiger partial charge on any atom is -0.394 e. The van der Waals surface area contributed by atoms with E-state index in [2.05, 4.69) is 0 Å². The van der Waals surface area contributed by atoms with E-state index in [1.165, 1.54) is 21.3 Å². The van der Waals surface area contributed by atoms with Gasteiger partial charge >= 0.3 is 0 Å². The highest BCUT2D eigenvalue weighted by molar-refractivity contribution is 5.01. The lowest BCUT2D eigenvalue weighted by atomic mass is 9.76. The van der Waals surface area contributed by atoms with Gasteiger partial charge in [-0.2, -0.15) is 0 Å². The Balaban J connectivity index is 1.38. The second kappa shape index (κ2) is 32.2. The minimum atomic E-state index is -1.15. The lowest BCUT2D eigenvalue weighted by molar-refractivity contribution is -0.268. The summed E-state index contributed by atoms with van der Waals surface area (Å²) in [7, 11) is 12.4. The van der Waals surface area contributed by atoms with Gasteiger partial charge in [0.05, 0.1) is 159 Å². The zero-order chi connectivity index (χ0) is 53.9. The first kappa shape index (κ1) is 64.6. The lowest BCUT2D eigenvalue weighted by Crippen LogP contribution is -2.63. The van der Waals surface area contributed by atoms with Crippen LogP contribution in [0.5, 0.6) is 0 Å². The first-order valence-corrected chi connectivity index (χ1v) is 25.5. The molecule has 0 aromatic rings. The predicted molar refractivity (Wildman–Crippen MR) is 259 cm³/mol. The van der Waals surface area contributed by atoms with Gasteiger partial charge in [0.1, 0.15) is 48.8 Å². The average Bonchev–Trinajstić information content (AvgIpc) is 3.36. The summed E-state index contributed by atoms with van der Waals surface area (Å²) >= 11 is 0. The Morgan fingerprint density at radius 2 is 0.726 bits per heavy atom. The van der Waals surface area contributed by atoms with Crippen molar-refractivity contribution in [1.82, 2.24) is 0 Å². The summed E-state index contributed by atoms with van der Waals surface area (Å²) in [5.41, 5.74) is -1.17. The molecule has 73 heavy (non-hydrogen) atoms. The summed E-state index contributed by atoms with van der Waals surface area (Å²) in [6, 6.07) is 0. The van der Waals surface area contributed by atoms with Gasteiger partial charge in [-0.05, 0) is 34.6 Å². The van der Waals surface area contributed by atoms with E-state index in [9.17, 15) is 25.5 Å². The van der Waals surface area contributed by atoms with E-state index in [-0.39, 0.29) is 105 Å². The van der Waals surface area contributed by atoms with Crippen LogP contribution in [0.1, 0.15) is 34.6 Å². The van der Waals surface area contributed by atoms with Gasteiger partial charge in [0.2, 0.25) is 0 Å². The molecule has 0 amide bonds. The molecule has 0 spiro atoms. The van der Waals surface area contributed by atoms with Crippen LogP contribution < -0.4 is 0 Å². The Bertz CT molecular complexity index is 1460. The van der Waals surface area contributed by atoms with Crippen molar-refractivity contribution in [3.05, 3.63) is 0 Å². The molecule has 4 saturated heterocycles. The van der Waals surface area contributed by atoms with Crippen LogP contribution in [0.2, 0.25) is 0 Å². The molecule has 4 fully saturated rings. The summed E-state index contributed by atoms with van der Waals surface area (Å²) in [5.74, 6) is -1.81. The number of aliphatic hydroxyl groups excluding tert-OH is 5. The van der Waals surface area contributed by atoms with E-state index in [4.69, 9.17) is 85.3 Å². The lowest BCUT2D eigenvalue weighted by Gasteiger charge is -2.50. The highest BCUT2D eigenvalue weighted by atomic mass is 16.6. The van der Waals surface area contributed by atoms with Crippen LogP contribution in [0.3, 0.4) is 0 Å². The third-order valence-electron chi connectivity index (χ3n) is 14.5. The minimum absolute atomic E-state index is 0.0114. The van der Waals surface area contributed by atoms with Gasteiger partial charge in [0.15, 0.2) is 0 Å². The first-order chi connectivity index (χ1) is 34.9. The smallest absolute Gasteiger partial charge is 0.112 e. The molecule has 4 rings (SSSR count). The normalized spacial score (nSPS) is 37.7. The largest absolute Gasteiger partial charge is 0.394 e. The van der Waals surface area contributed by atoms with Crippen LogP contribution in [-0.4, -0.2) is 290 Å². The molecule has 0 aliphatic carbocycles. The molecular weight excluding hydrogens is 969 g/mol. The number of hydrogen-bond acceptors (Lipinski definition) is 23. The van der Waals surface area contributed by atoms with Gasteiger partial charge < -0.3 is 111 Å². The van der Waals surface area contributed by atoms with Crippen LogP contribution in [0.15, 0.2) is 0 Å². The fraction of sp³-hybridized carbons (Fsp3) is 1.00. The SMILES string of the molecule is COCC1OC(COCC2C(COCCO)OC(COC(C)(C)C)C(OC)C2OC)C(O)C(OC)C1COCC1OC(COC)C(COCC2OC(COCCO)C(C(C)(C)OC)C(OC)C2O)C(OC)C1O. The quantitative estimate of drug-likeness (QED) is 0.0508. The van der Waals surface area contributed by atoms with Crippen LogP contribution in [-0.2, 0) is 85.3 Å². The van der Waals surface area contributed by atoms with Crippen molar-refractivity contribution in [1.29, 1.82) is 0 Å². The molecule has 23 nitrogen and oxygen atoms in total. The summed E-state index contributed by atoms with van der Waals surface area (Å²) in [4.78, 5) is 0. The van der Waals surface area contributed by atoms with E-state index < -0.39 is 127 Å². The second-order valence-corrected chi connectivity index (χ2v) is 20.7. The zero-order valence-electron chi connectivity index (χ0n) is 45.7. The van der Waals surface area contributed by atoms with E-state index in [1.54, 1.807) is 35.5 Å². The van der Waals surface area contributed by atoms with Crippen molar-refractivity contribution in [2.24, 2.45) is 23.7 Å². The molecule has 4 aliphatic rings. The number of hydrogen-bond donors (Lipinski definition) is 5. The molecular formula is C50H94O23. The van der Waals surface area contributed by atoms with Crippen molar-refractivity contribution in [3.63, 3.8) is 0 Å². The summed E-state index contributed by atoms with van der Waals surface area (Å²) in [5, 5.41) is 53.7. The number of methoxy groups -OCH3 is 8. The van der Waals surface area contributed by atoms with Crippen LogP contribution in [0.25, 0.3) is 0 Å². The van der Waals surface area contributed by atoms with Gasteiger partial charge in [-0.1, -0.05) is 0 Å². The number of rotatable bonds is 33. The van der Waals surface area contributed by atoms with Crippen molar-refractivity contribution in [2.45, 2.75) is 143 Å². The van der Waals surface area contributed by atoms with Crippen molar-refractivity contribution in [3.8, 4) is 0 Å². The topological polar surface area (TPSA) is 267 Å². The summed E-state index contributed by atoms with van der Waals surface area (Å²) < 4.78 is 109. The molecule has 4 heterocycles. The molecule has 0 aromatic heterocycles. The Kier molecular flexibility index (Phi) is 28.5. The fourth-order valence-corrected chi connectivity index (χ4v) is 10.7. The van der Waals surface area contributed by atoms with Crippen LogP contribution >= 0.6 is 0 Å². The molecule has 0 bridgehead atoms. The molecule has 0 saturated carbocycles. The molecule has 432 valence electrons. The van der Waals surface area contributed by atoms with Crippen molar-refractivity contribution >= 4 is 0 Å². The van der Waals surface area contributed by atoms with Gasteiger partial charge in [0, 0.05) is 80.6 Å². The molecule has 0 aromatic carbocycles. The maximum absolute atomic E-state index is 11.7. The molecule has 4 aliphatic heterocycles. The molecule has 5 N–H and O–H groups in total. The Morgan fingerprint density at radius 3 is 1.11 bits per heavy atom. The van der Waals surface area contributed by atoms with Crippen molar-refractivity contribution in [2.75, 3.05) is 156 Å². The summed E-state index contributed by atoms with van der Waals surface area (Å²) in [6.45, 7) is 10.6. The number of ether oxygens (including phenoxy) is 18. The maximum Gasteiger partial charge on any atom is 0.112 e. The van der Waals surface area contributed by atoms with Gasteiger partial charge in [-0.25, -0.2) is 0 Å². The monoisotopic (exact) mass is 1060 g/mol. The van der Waals surface area contributed by atoms with E-state index in [1.807, 2.05) is 34.6 Å². The van der Waals surface area contributed by atoms with E-state index in [0.29, 0.717) is 0 Å². The predicted octanol–water partition coefficient (Wildman–Crippen LogP) is -0.721. The van der Waals surface area contributed by atoms with Gasteiger partial charge in [0.25, 0.3) is 0 Å². The highest BCUT2D eigenvalue weighted by Gasteiger charge is 2.53.